The molecular formula is C19H22N2O2. The first-order valence-corrected chi connectivity index (χ1v) is 8.07. The molecule has 2 amide bonds. The van der Waals surface area contributed by atoms with E-state index in [1.807, 2.05) is 12.1 Å². The van der Waals surface area contributed by atoms with Gasteiger partial charge in [-0.2, -0.15) is 0 Å². The molecule has 1 fully saturated rings. The summed E-state index contributed by atoms with van der Waals surface area (Å²) in [5.74, 6) is -0.313. The Balaban J connectivity index is 1.74. The number of rotatable bonds is 4. The Morgan fingerprint density at radius 1 is 1.13 bits per heavy atom. The molecule has 1 aliphatic carbocycles. The Morgan fingerprint density at radius 3 is 2.57 bits per heavy atom. The van der Waals surface area contributed by atoms with Gasteiger partial charge in [-0.25, -0.2) is 0 Å². The monoisotopic (exact) mass is 310 g/mol. The standard InChI is InChI=1S/C19H22N2O2/c1-12(22)21-18-11-14(10-17(18)19(20)23)8-13-6-7-15-4-2-3-5-16(15)9-13/h2-7,9,14,17-18H,8,10-11H2,1H3,(H2,20,23)(H,21,22)/t14?,17-,18+/m1/s1. The number of benzene rings is 2. The van der Waals surface area contributed by atoms with Gasteiger partial charge in [-0.05, 0) is 41.5 Å². The van der Waals surface area contributed by atoms with E-state index >= 15 is 0 Å². The number of carbonyl (C=O) groups is 2. The summed E-state index contributed by atoms with van der Waals surface area (Å²) in [4.78, 5) is 23.0. The summed E-state index contributed by atoms with van der Waals surface area (Å²) in [6.07, 6.45) is 2.46. The van der Waals surface area contributed by atoms with E-state index in [2.05, 4.69) is 35.6 Å². The Labute approximate surface area is 136 Å². The van der Waals surface area contributed by atoms with Crippen molar-refractivity contribution in [1.29, 1.82) is 0 Å². The third-order valence-electron chi connectivity index (χ3n) is 4.75. The van der Waals surface area contributed by atoms with Crippen molar-refractivity contribution in [2.75, 3.05) is 0 Å². The number of carbonyl (C=O) groups excluding carboxylic acids is 2. The lowest BCUT2D eigenvalue weighted by Gasteiger charge is -2.16. The lowest BCUT2D eigenvalue weighted by atomic mass is 9.95. The molecule has 4 nitrogen and oxygen atoms in total. The van der Waals surface area contributed by atoms with Gasteiger partial charge in [0.2, 0.25) is 11.8 Å². The molecule has 1 saturated carbocycles. The second kappa shape index (κ2) is 6.41. The first-order valence-electron chi connectivity index (χ1n) is 8.07. The van der Waals surface area contributed by atoms with Crippen LogP contribution in [0.5, 0.6) is 0 Å². The Kier molecular flexibility index (Phi) is 4.33. The minimum Gasteiger partial charge on any atom is -0.369 e. The highest BCUT2D eigenvalue weighted by Gasteiger charge is 2.37. The van der Waals surface area contributed by atoms with Crippen molar-refractivity contribution in [3.8, 4) is 0 Å². The molecule has 3 atom stereocenters. The van der Waals surface area contributed by atoms with Crippen molar-refractivity contribution in [1.82, 2.24) is 5.32 Å². The third kappa shape index (κ3) is 3.52. The van der Waals surface area contributed by atoms with Crippen LogP contribution in [0, 0.1) is 11.8 Å². The second-order valence-corrected chi connectivity index (χ2v) is 6.54. The van der Waals surface area contributed by atoms with Crippen LogP contribution in [0.3, 0.4) is 0 Å². The van der Waals surface area contributed by atoms with E-state index in [9.17, 15) is 9.59 Å². The van der Waals surface area contributed by atoms with Crippen LogP contribution in [0.15, 0.2) is 42.5 Å². The van der Waals surface area contributed by atoms with Crippen LogP contribution in [0.1, 0.15) is 25.3 Å². The van der Waals surface area contributed by atoms with E-state index in [0.717, 1.165) is 19.3 Å². The summed E-state index contributed by atoms with van der Waals surface area (Å²) in [7, 11) is 0. The normalized spacial score (nSPS) is 23.8. The zero-order chi connectivity index (χ0) is 16.4. The molecule has 0 radical (unpaired) electrons. The van der Waals surface area contributed by atoms with Gasteiger partial charge in [0.05, 0.1) is 5.92 Å². The average Bonchev–Trinajstić information content (AvgIpc) is 2.89. The summed E-state index contributed by atoms with van der Waals surface area (Å²) in [5.41, 5.74) is 6.77. The number of nitrogens with two attached hydrogens (primary N) is 1. The van der Waals surface area contributed by atoms with E-state index in [1.54, 1.807) is 0 Å². The van der Waals surface area contributed by atoms with Crippen molar-refractivity contribution in [3.05, 3.63) is 48.0 Å². The van der Waals surface area contributed by atoms with Crippen molar-refractivity contribution in [3.63, 3.8) is 0 Å². The smallest absolute Gasteiger partial charge is 0.222 e. The molecule has 0 saturated heterocycles. The molecule has 0 spiro atoms. The van der Waals surface area contributed by atoms with Gasteiger partial charge in [0, 0.05) is 13.0 Å². The number of primary amides is 1. The van der Waals surface area contributed by atoms with E-state index in [4.69, 9.17) is 5.73 Å². The summed E-state index contributed by atoms with van der Waals surface area (Å²) < 4.78 is 0. The van der Waals surface area contributed by atoms with E-state index < -0.39 is 0 Å². The van der Waals surface area contributed by atoms with Gasteiger partial charge in [-0.15, -0.1) is 0 Å². The lowest BCUT2D eigenvalue weighted by molar-refractivity contribution is -0.123. The lowest BCUT2D eigenvalue weighted by Crippen LogP contribution is -2.41. The van der Waals surface area contributed by atoms with Gasteiger partial charge in [-0.3, -0.25) is 9.59 Å². The molecule has 3 N–H and O–H groups in total. The van der Waals surface area contributed by atoms with E-state index in [-0.39, 0.29) is 23.8 Å². The number of fused-ring (bicyclic) bond motifs is 1. The zero-order valence-electron chi connectivity index (χ0n) is 13.3. The van der Waals surface area contributed by atoms with Crippen LogP contribution in [0.25, 0.3) is 10.8 Å². The zero-order valence-corrected chi connectivity index (χ0v) is 13.3. The quantitative estimate of drug-likeness (QED) is 0.910. The maximum atomic E-state index is 11.6. The van der Waals surface area contributed by atoms with Crippen LogP contribution in [0.4, 0.5) is 0 Å². The number of amides is 2. The predicted molar refractivity (Wildman–Crippen MR) is 90.7 cm³/mol. The molecule has 23 heavy (non-hydrogen) atoms. The largest absolute Gasteiger partial charge is 0.369 e. The van der Waals surface area contributed by atoms with Crippen molar-refractivity contribution in [2.45, 2.75) is 32.2 Å². The summed E-state index contributed by atoms with van der Waals surface area (Å²) in [5, 5.41) is 5.34. The summed E-state index contributed by atoms with van der Waals surface area (Å²) in [6, 6.07) is 14.6. The first kappa shape index (κ1) is 15.5. The number of nitrogens with one attached hydrogen (secondary N) is 1. The molecule has 1 aliphatic rings. The highest BCUT2D eigenvalue weighted by Crippen LogP contribution is 2.34. The molecule has 120 valence electrons. The summed E-state index contributed by atoms with van der Waals surface area (Å²) in [6.45, 7) is 1.48. The molecule has 4 heteroatoms. The highest BCUT2D eigenvalue weighted by molar-refractivity contribution is 5.83. The number of hydrogen-bond acceptors (Lipinski definition) is 2. The summed E-state index contributed by atoms with van der Waals surface area (Å²) >= 11 is 0. The fourth-order valence-electron chi connectivity index (χ4n) is 3.74. The SMILES string of the molecule is CC(=O)N[C@H]1CC(Cc2ccc3ccccc3c2)C[C@H]1C(N)=O. The fourth-order valence-corrected chi connectivity index (χ4v) is 3.74. The Morgan fingerprint density at radius 2 is 1.87 bits per heavy atom. The maximum absolute atomic E-state index is 11.6. The Bertz CT molecular complexity index is 741. The minimum atomic E-state index is -0.315. The molecule has 0 heterocycles. The molecule has 1 unspecified atom stereocenters. The third-order valence-corrected chi connectivity index (χ3v) is 4.75. The van der Waals surface area contributed by atoms with Crippen LogP contribution in [-0.4, -0.2) is 17.9 Å². The molecule has 3 rings (SSSR count). The van der Waals surface area contributed by atoms with Crippen molar-refractivity contribution >= 4 is 22.6 Å². The molecule has 0 aliphatic heterocycles. The van der Waals surface area contributed by atoms with Gasteiger partial charge >= 0.3 is 0 Å². The molecular weight excluding hydrogens is 288 g/mol. The molecule has 2 aromatic carbocycles. The van der Waals surface area contributed by atoms with E-state index in [1.165, 1.54) is 23.3 Å². The molecule has 0 aromatic heterocycles. The minimum absolute atomic E-state index is 0.104. The van der Waals surface area contributed by atoms with Crippen LogP contribution in [0.2, 0.25) is 0 Å². The van der Waals surface area contributed by atoms with Gasteiger partial charge < -0.3 is 11.1 Å². The van der Waals surface area contributed by atoms with Crippen LogP contribution < -0.4 is 11.1 Å². The van der Waals surface area contributed by atoms with Gasteiger partial charge in [0.25, 0.3) is 0 Å². The van der Waals surface area contributed by atoms with Gasteiger partial charge in [0.1, 0.15) is 0 Å². The predicted octanol–water partition coefficient (Wildman–Crippen LogP) is 2.40. The molecule has 0 bridgehead atoms. The topological polar surface area (TPSA) is 72.2 Å². The second-order valence-electron chi connectivity index (χ2n) is 6.54. The molecule has 2 aromatic rings. The van der Waals surface area contributed by atoms with Crippen molar-refractivity contribution < 1.29 is 9.59 Å². The van der Waals surface area contributed by atoms with Crippen LogP contribution >= 0.6 is 0 Å². The number of hydrogen-bond donors (Lipinski definition) is 2. The average molecular weight is 310 g/mol. The van der Waals surface area contributed by atoms with Crippen molar-refractivity contribution in [2.24, 2.45) is 17.6 Å². The highest BCUT2D eigenvalue weighted by atomic mass is 16.2. The van der Waals surface area contributed by atoms with Gasteiger partial charge in [0.15, 0.2) is 0 Å². The van der Waals surface area contributed by atoms with Crippen LogP contribution in [-0.2, 0) is 16.0 Å². The van der Waals surface area contributed by atoms with E-state index in [0.29, 0.717) is 5.92 Å². The first-order chi connectivity index (χ1) is 11.0. The Hall–Kier alpha value is -2.36. The fraction of sp³-hybridized carbons (Fsp3) is 0.368. The maximum Gasteiger partial charge on any atom is 0.222 e. The van der Waals surface area contributed by atoms with Gasteiger partial charge in [-0.1, -0.05) is 42.5 Å².